The van der Waals surface area contributed by atoms with E-state index in [1.54, 1.807) is 7.11 Å². The van der Waals surface area contributed by atoms with Gasteiger partial charge in [-0.25, -0.2) is 0 Å². The SMILES string of the molecule is CNC(CCO)c1c(C)c(Cl)cc(C)c1OC. The normalized spacial score (nSPS) is 12.6. The zero-order valence-electron chi connectivity index (χ0n) is 10.8. The smallest absolute Gasteiger partial charge is 0.126 e. The molecule has 1 aromatic rings. The first kappa shape index (κ1) is 14.3. The molecule has 0 saturated carbocycles. The van der Waals surface area contributed by atoms with Crippen molar-refractivity contribution in [2.75, 3.05) is 20.8 Å². The molecule has 0 spiro atoms. The number of nitrogens with one attached hydrogen (secondary N) is 1. The van der Waals surface area contributed by atoms with Gasteiger partial charge in [0, 0.05) is 23.2 Å². The lowest BCUT2D eigenvalue weighted by atomic mass is 9.95. The number of aryl methyl sites for hydroxylation is 1. The van der Waals surface area contributed by atoms with E-state index < -0.39 is 0 Å². The molecule has 4 heteroatoms. The first-order valence-corrected chi connectivity index (χ1v) is 6.06. The van der Waals surface area contributed by atoms with Crippen molar-refractivity contribution in [2.45, 2.75) is 26.3 Å². The van der Waals surface area contributed by atoms with Crippen molar-refractivity contribution in [3.05, 3.63) is 27.8 Å². The molecule has 17 heavy (non-hydrogen) atoms. The standard InChI is InChI=1S/C13H20ClNO2/c1-8-7-10(14)9(2)12(13(8)17-4)11(15-3)5-6-16/h7,11,15-16H,5-6H2,1-4H3. The van der Waals surface area contributed by atoms with Gasteiger partial charge in [0.2, 0.25) is 0 Å². The van der Waals surface area contributed by atoms with Crippen LogP contribution in [-0.2, 0) is 0 Å². The minimum atomic E-state index is 0.0485. The Balaban J connectivity index is 3.36. The number of halogens is 1. The molecule has 0 heterocycles. The van der Waals surface area contributed by atoms with E-state index >= 15 is 0 Å². The molecule has 1 unspecified atom stereocenters. The lowest BCUT2D eigenvalue weighted by molar-refractivity contribution is 0.266. The molecule has 0 amide bonds. The first-order valence-electron chi connectivity index (χ1n) is 5.68. The van der Waals surface area contributed by atoms with Crippen molar-refractivity contribution < 1.29 is 9.84 Å². The Labute approximate surface area is 108 Å². The van der Waals surface area contributed by atoms with Crippen LogP contribution in [0.2, 0.25) is 5.02 Å². The topological polar surface area (TPSA) is 41.5 Å². The van der Waals surface area contributed by atoms with Crippen LogP contribution in [0, 0.1) is 13.8 Å². The Kier molecular flexibility index (Phi) is 5.25. The van der Waals surface area contributed by atoms with E-state index in [9.17, 15) is 0 Å². The molecule has 0 fully saturated rings. The van der Waals surface area contributed by atoms with E-state index in [2.05, 4.69) is 5.32 Å². The van der Waals surface area contributed by atoms with Gasteiger partial charge in [-0.15, -0.1) is 0 Å². The van der Waals surface area contributed by atoms with Crippen molar-refractivity contribution in [3.63, 3.8) is 0 Å². The van der Waals surface area contributed by atoms with Crippen molar-refractivity contribution >= 4 is 11.6 Å². The maximum atomic E-state index is 9.11. The zero-order chi connectivity index (χ0) is 13.0. The number of rotatable bonds is 5. The molecular formula is C13H20ClNO2. The van der Waals surface area contributed by atoms with Crippen LogP contribution in [-0.4, -0.2) is 25.9 Å². The van der Waals surface area contributed by atoms with Gasteiger partial charge in [-0.05, 0) is 44.5 Å². The highest BCUT2D eigenvalue weighted by molar-refractivity contribution is 6.31. The van der Waals surface area contributed by atoms with Gasteiger partial charge < -0.3 is 15.2 Å². The first-order chi connectivity index (χ1) is 8.06. The number of methoxy groups -OCH3 is 1. The average molecular weight is 258 g/mol. The quantitative estimate of drug-likeness (QED) is 0.852. The molecule has 0 bridgehead atoms. The van der Waals surface area contributed by atoms with Crippen LogP contribution in [0.3, 0.4) is 0 Å². The van der Waals surface area contributed by atoms with Gasteiger partial charge in [-0.1, -0.05) is 11.6 Å². The Morgan fingerprint density at radius 2 is 2.12 bits per heavy atom. The average Bonchev–Trinajstić information content (AvgIpc) is 2.31. The second kappa shape index (κ2) is 6.24. The van der Waals surface area contributed by atoms with Crippen LogP contribution < -0.4 is 10.1 Å². The van der Waals surface area contributed by atoms with E-state index in [1.165, 1.54) is 0 Å². The van der Waals surface area contributed by atoms with E-state index in [4.69, 9.17) is 21.4 Å². The lowest BCUT2D eigenvalue weighted by Gasteiger charge is -2.23. The predicted octanol–water partition coefficient (Wildman–Crippen LogP) is 2.61. The molecule has 0 saturated heterocycles. The number of benzene rings is 1. The molecule has 1 aromatic carbocycles. The molecule has 0 radical (unpaired) electrons. The van der Waals surface area contributed by atoms with Crippen LogP contribution in [0.15, 0.2) is 6.07 Å². The number of ether oxygens (including phenoxy) is 1. The third-order valence-electron chi connectivity index (χ3n) is 3.03. The molecule has 0 aromatic heterocycles. The van der Waals surface area contributed by atoms with E-state index in [1.807, 2.05) is 27.0 Å². The highest BCUT2D eigenvalue weighted by Crippen LogP contribution is 2.37. The maximum absolute atomic E-state index is 9.11. The van der Waals surface area contributed by atoms with Crippen LogP contribution in [0.1, 0.15) is 29.2 Å². The van der Waals surface area contributed by atoms with Gasteiger partial charge in [-0.2, -0.15) is 0 Å². The molecular weight excluding hydrogens is 238 g/mol. The molecule has 96 valence electrons. The second-order valence-corrected chi connectivity index (χ2v) is 4.51. The van der Waals surface area contributed by atoms with E-state index in [-0.39, 0.29) is 12.6 Å². The van der Waals surface area contributed by atoms with Crippen LogP contribution in [0.4, 0.5) is 0 Å². The third kappa shape index (κ3) is 2.92. The van der Waals surface area contributed by atoms with Gasteiger partial charge >= 0.3 is 0 Å². The Morgan fingerprint density at radius 1 is 1.47 bits per heavy atom. The fraction of sp³-hybridized carbons (Fsp3) is 0.538. The van der Waals surface area contributed by atoms with Gasteiger partial charge in [0.15, 0.2) is 0 Å². The predicted molar refractivity (Wildman–Crippen MR) is 71.0 cm³/mol. The summed E-state index contributed by atoms with van der Waals surface area (Å²) in [5, 5.41) is 13.0. The zero-order valence-corrected chi connectivity index (χ0v) is 11.6. The van der Waals surface area contributed by atoms with Crippen molar-refractivity contribution in [3.8, 4) is 5.75 Å². The summed E-state index contributed by atoms with van der Waals surface area (Å²) in [4.78, 5) is 0. The highest BCUT2D eigenvalue weighted by atomic mass is 35.5. The summed E-state index contributed by atoms with van der Waals surface area (Å²) in [7, 11) is 3.53. The summed E-state index contributed by atoms with van der Waals surface area (Å²) in [5.74, 6) is 0.847. The monoisotopic (exact) mass is 257 g/mol. The molecule has 2 N–H and O–H groups in total. The number of hydrogen-bond donors (Lipinski definition) is 2. The molecule has 0 aliphatic rings. The molecule has 1 atom stereocenters. The fourth-order valence-electron chi connectivity index (χ4n) is 2.13. The lowest BCUT2D eigenvalue weighted by Crippen LogP contribution is -2.20. The van der Waals surface area contributed by atoms with Gasteiger partial charge in [0.05, 0.1) is 7.11 Å². The Morgan fingerprint density at radius 3 is 2.59 bits per heavy atom. The second-order valence-electron chi connectivity index (χ2n) is 4.10. The van der Waals surface area contributed by atoms with Crippen molar-refractivity contribution in [1.82, 2.24) is 5.32 Å². The van der Waals surface area contributed by atoms with Gasteiger partial charge in [-0.3, -0.25) is 0 Å². The largest absolute Gasteiger partial charge is 0.496 e. The number of aliphatic hydroxyl groups is 1. The molecule has 3 nitrogen and oxygen atoms in total. The van der Waals surface area contributed by atoms with Crippen molar-refractivity contribution in [1.29, 1.82) is 0 Å². The summed E-state index contributed by atoms with van der Waals surface area (Å²) in [6.07, 6.45) is 0.632. The van der Waals surface area contributed by atoms with Crippen molar-refractivity contribution in [2.24, 2.45) is 0 Å². The number of aliphatic hydroxyl groups excluding tert-OH is 1. The minimum absolute atomic E-state index is 0.0485. The summed E-state index contributed by atoms with van der Waals surface area (Å²) in [5.41, 5.74) is 3.05. The van der Waals surface area contributed by atoms with E-state index in [0.717, 1.165) is 27.5 Å². The van der Waals surface area contributed by atoms with Gasteiger partial charge in [0.25, 0.3) is 0 Å². The maximum Gasteiger partial charge on any atom is 0.126 e. The van der Waals surface area contributed by atoms with Gasteiger partial charge in [0.1, 0.15) is 5.75 Å². The van der Waals surface area contributed by atoms with E-state index in [0.29, 0.717) is 6.42 Å². The molecule has 1 rings (SSSR count). The summed E-state index contributed by atoms with van der Waals surface area (Å²) < 4.78 is 5.46. The fourth-order valence-corrected chi connectivity index (χ4v) is 2.39. The summed E-state index contributed by atoms with van der Waals surface area (Å²) in [6, 6.07) is 1.96. The highest BCUT2D eigenvalue weighted by Gasteiger charge is 2.20. The van der Waals surface area contributed by atoms with Crippen LogP contribution in [0.25, 0.3) is 0 Å². The Hall–Kier alpha value is -0.770. The number of hydrogen-bond acceptors (Lipinski definition) is 3. The molecule has 0 aliphatic heterocycles. The summed E-state index contributed by atoms with van der Waals surface area (Å²) in [6.45, 7) is 4.07. The Bertz CT molecular complexity index is 393. The van der Waals surface area contributed by atoms with Crippen LogP contribution in [0.5, 0.6) is 5.75 Å². The third-order valence-corrected chi connectivity index (χ3v) is 3.42. The minimum Gasteiger partial charge on any atom is -0.496 e. The summed E-state index contributed by atoms with van der Waals surface area (Å²) >= 11 is 6.20. The molecule has 0 aliphatic carbocycles. The van der Waals surface area contributed by atoms with Crippen LogP contribution >= 0.6 is 11.6 Å².